The van der Waals surface area contributed by atoms with Gasteiger partial charge in [0.05, 0.1) is 0 Å². The Morgan fingerprint density at radius 1 is 0.941 bits per heavy atom. The van der Waals surface area contributed by atoms with E-state index in [-0.39, 0.29) is 0 Å². The van der Waals surface area contributed by atoms with E-state index in [2.05, 4.69) is 9.97 Å². The van der Waals surface area contributed by atoms with Crippen LogP contribution in [0.3, 0.4) is 0 Å². The van der Waals surface area contributed by atoms with E-state index < -0.39 is 11.6 Å². The largest absolute Gasteiger partial charge is 0.442 e. The Labute approximate surface area is 94.7 Å². The summed E-state index contributed by atoms with van der Waals surface area (Å²) in [6.07, 6.45) is 2.82. The number of benzene rings is 1. The van der Waals surface area contributed by atoms with Gasteiger partial charge in [0, 0.05) is 11.8 Å². The fraction of sp³-hybridized carbons (Fsp3) is 0. The fourth-order valence-electron chi connectivity index (χ4n) is 1.59. The maximum absolute atomic E-state index is 13.1. The normalized spacial score (nSPS) is 10.9. The molecule has 0 bridgehead atoms. The van der Waals surface area contributed by atoms with Crippen LogP contribution in [0.5, 0.6) is 0 Å². The molecule has 2 aromatic heterocycles. The van der Waals surface area contributed by atoms with Gasteiger partial charge in [0.1, 0.15) is 0 Å². The van der Waals surface area contributed by atoms with Gasteiger partial charge in [0.15, 0.2) is 29.3 Å². The van der Waals surface area contributed by atoms with E-state index in [1.807, 2.05) is 0 Å². The van der Waals surface area contributed by atoms with Crippen molar-refractivity contribution < 1.29 is 13.2 Å². The highest BCUT2D eigenvalue weighted by Gasteiger charge is 2.07. The van der Waals surface area contributed by atoms with Crippen LogP contribution in [0.4, 0.5) is 8.78 Å². The molecule has 0 radical (unpaired) electrons. The van der Waals surface area contributed by atoms with Gasteiger partial charge in [-0.2, -0.15) is 4.98 Å². The third-order valence-electron chi connectivity index (χ3n) is 2.44. The molecule has 5 heteroatoms. The van der Waals surface area contributed by atoms with Crippen molar-refractivity contribution in [3.8, 4) is 11.1 Å². The van der Waals surface area contributed by atoms with Gasteiger partial charge in [-0.3, -0.25) is 0 Å². The lowest BCUT2D eigenvalue weighted by Crippen LogP contribution is -1.86. The second kappa shape index (κ2) is 3.62. The third-order valence-corrected chi connectivity index (χ3v) is 2.44. The number of halogens is 2. The maximum atomic E-state index is 13.1. The molecule has 0 saturated heterocycles. The Hall–Kier alpha value is -2.30. The predicted octanol–water partition coefficient (Wildman–Crippen LogP) is 3.17. The quantitative estimate of drug-likeness (QED) is 0.646. The SMILES string of the molecule is Fc1ccc(-c2cnc3ncoc3c2)cc1F. The zero-order valence-electron chi connectivity index (χ0n) is 8.52. The first-order valence-electron chi connectivity index (χ1n) is 4.89. The molecule has 0 spiro atoms. The number of pyridine rings is 1. The molecule has 0 aliphatic carbocycles. The topological polar surface area (TPSA) is 38.9 Å². The lowest BCUT2D eigenvalue weighted by Gasteiger charge is -2.01. The van der Waals surface area contributed by atoms with Gasteiger partial charge in [-0.1, -0.05) is 6.07 Å². The lowest BCUT2D eigenvalue weighted by molar-refractivity contribution is 0.509. The summed E-state index contributed by atoms with van der Waals surface area (Å²) in [7, 11) is 0. The number of nitrogens with zero attached hydrogens (tertiary/aromatic N) is 2. The molecule has 0 atom stereocenters. The average Bonchev–Trinajstić information content (AvgIpc) is 2.79. The molecule has 2 heterocycles. The highest BCUT2D eigenvalue weighted by Crippen LogP contribution is 2.23. The lowest BCUT2D eigenvalue weighted by atomic mass is 10.1. The van der Waals surface area contributed by atoms with Crippen LogP contribution in [0.1, 0.15) is 0 Å². The molecule has 0 saturated carbocycles. The van der Waals surface area contributed by atoms with Crippen LogP contribution in [-0.4, -0.2) is 9.97 Å². The number of hydrogen-bond donors (Lipinski definition) is 0. The minimum atomic E-state index is -0.889. The van der Waals surface area contributed by atoms with Gasteiger partial charge in [0.2, 0.25) is 0 Å². The summed E-state index contributed by atoms with van der Waals surface area (Å²) in [5, 5.41) is 0. The Morgan fingerprint density at radius 3 is 2.65 bits per heavy atom. The number of hydrogen-bond acceptors (Lipinski definition) is 3. The first kappa shape index (κ1) is 9.89. The van der Waals surface area contributed by atoms with Crippen molar-refractivity contribution in [2.75, 3.05) is 0 Å². The van der Waals surface area contributed by atoms with Crippen molar-refractivity contribution >= 4 is 11.2 Å². The van der Waals surface area contributed by atoms with Crippen molar-refractivity contribution in [2.24, 2.45) is 0 Å². The van der Waals surface area contributed by atoms with Gasteiger partial charge in [-0.25, -0.2) is 13.8 Å². The summed E-state index contributed by atoms with van der Waals surface area (Å²) in [6.45, 7) is 0. The number of oxazole rings is 1. The maximum Gasteiger partial charge on any atom is 0.198 e. The Morgan fingerprint density at radius 2 is 1.82 bits per heavy atom. The molecule has 0 aliphatic rings. The molecule has 1 aromatic carbocycles. The highest BCUT2D eigenvalue weighted by molar-refractivity contribution is 5.75. The van der Waals surface area contributed by atoms with E-state index in [0.29, 0.717) is 22.4 Å². The van der Waals surface area contributed by atoms with Crippen LogP contribution in [-0.2, 0) is 0 Å². The first-order chi connectivity index (χ1) is 8.24. The molecule has 0 unspecified atom stereocenters. The van der Waals surface area contributed by atoms with Crippen molar-refractivity contribution in [2.45, 2.75) is 0 Å². The van der Waals surface area contributed by atoms with Gasteiger partial charge in [-0.15, -0.1) is 0 Å². The minimum Gasteiger partial charge on any atom is -0.442 e. The van der Waals surface area contributed by atoms with Gasteiger partial charge in [0.25, 0.3) is 0 Å². The van der Waals surface area contributed by atoms with Crippen molar-refractivity contribution in [1.29, 1.82) is 0 Å². The molecule has 17 heavy (non-hydrogen) atoms. The summed E-state index contributed by atoms with van der Waals surface area (Å²) in [5.41, 5.74) is 2.17. The fourth-order valence-corrected chi connectivity index (χ4v) is 1.59. The van der Waals surface area contributed by atoms with Crippen LogP contribution < -0.4 is 0 Å². The Kier molecular flexibility index (Phi) is 2.11. The zero-order chi connectivity index (χ0) is 11.8. The van der Waals surface area contributed by atoms with Gasteiger partial charge >= 0.3 is 0 Å². The summed E-state index contributed by atoms with van der Waals surface area (Å²) in [6, 6.07) is 5.36. The zero-order valence-corrected chi connectivity index (χ0v) is 8.52. The summed E-state index contributed by atoms with van der Waals surface area (Å²) < 4.78 is 31.0. The second-order valence-corrected chi connectivity index (χ2v) is 3.53. The molecule has 0 amide bonds. The molecule has 0 aliphatic heterocycles. The van der Waals surface area contributed by atoms with Crippen molar-refractivity contribution in [3.05, 3.63) is 48.5 Å². The van der Waals surface area contributed by atoms with Crippen LogP contribution >= 0.6 is 0 Å². The second-order valence-electron chi connectivity index (χ2n) is 3.53. The van der Waals surface area contributed by atoms with Crippen molar-refractivity contribution in [3.63, 3.8) is 0 Å². The van der Waals surface area contributed by atoms with Gasteiger partial charge in [-0.05, 0) is 23.8 Å². The summed E-state index contributed by atoms with van der Waals surface area (Å²) in [4.78, 5) is 7.92. The van der Waals surface area contributed by atoms with E-state index >= 15 is 0 Å². The molecule has 0 fully saturated rings. The summed E-state index contributed by atoms with van der Waals surface area (Å²) in [5.74, 6) is -1.76. The van der Waals surface area contributed by atoms with Crippen LogP contribution in [0.25, 0.3) is 22.4 Å². The van der Waals surface area contributed by atoms with Gasteiger partial charge < -0.3 is 4.42 Å². The van der Waals surface area contributed by atoms with E-state index in [1.54, 1.807) is 6.07 Å². The number of aromatic nitrogens is 2. The van der Waals surface area contributed by atoms with Crippen LogP contribution in [0.15, 0.2) is 41.3 Å². The molecular formula is C12H6F2N2O. The van der Waals surface area contributed by atoms with E-state index in [1.165, 1.54) is 18.7 Å². The molecule has 3 rings (SSSR count). The molecule has 3 nitrogen and oxygen atoms in total. The van der Waals surface area contributed by atoms with E-state index in [4.69, 9.17) is 4.42 Å². The average molecular weight is 232 g/mol. The van der Waals surface area contributed by atoms with Crippen molar-refractivity contribution in [1.82, 2.24) is 9.97 Å². The molecular weight excluding hydrogens is 226 g/mol. The predicted molar refractivity (Wildman–Crippen MR) is 57.2 cm³/mol. The smallest absolute Gasteiger partial charge is 0.198 e. The number of fused-ring (bicyclic) bond motifs is 1. The van der Waals surface area contributed by atoms with Crippen LogP contribution in [0.2, 0.25) is 0 Å². The number of rotatable bonds is 1. The Bertz CT molecular complexity index is 694. The summed E-state index contributed by atoms with van der Waals surface area (Å²) >= 11 is 0. The first-order valence-corrected chi connectivity index (χ1v) is 4.89. The van der Waals surface area contributed by atoms with E-state index in [0.717, 1.165) is 12.1 Å². The van der Waals surface area contributed by atoms with E-state index in [9.17, 15) is 8.78 Å². The molecule has 0 N–H and O–H groups in total. The monoisotopic (exact) mass is 232 g/mol. The molecule has 3 aromatic rings. The highest BCUT2D eigenvalue weighted by atomic mass is 19.2. The minimum absolute atomic E-state index is 0.483. The third kappa shape index (κ3) is 1.65. The molecule has 84 valence electrons. The standard InChI is InChI=1S/C12H6F2N2O/c13-9-2-1-7(3-10(9)14)8-4-11-12(15-5-8)16-6-17-11/h1-6H. The van der Waals surface area contributed by atoms with Crippen LogP contribution in [0, 0.1) is 11.6 Å². The Balaban J connectivity index is 2.16.